The second-order valence-electron chi connectivity index (χ2n) is 5.68. The highest BCUT2D eigenvalue weighted by Crippen LogP contribution is 2.12. The standard InChI is InChI=1S/C16H28O6/c17-14-7-5-13(16(19)20)6-8-15(18)12-22-10-4-2-1-3-9-21-11-14/h5,14-15,17-18H,1-4,6-12H2,(H,19,20). The van der Waals surface area contributed by atoms with Crippen molar-refractivity contribution in [1.82, 2.24) is 0 Å². The van der Waals surface area contributed by atoms with Gasteiger partial charge in [-0.3, -0.25) is 0 Å². The fourth-order valence-electron chi connectivity index (χ4n) is 2.25. The molecule has 0 aromatic heterocycles. The van der Waals surface area contributed by atoms with E-state index in [9.17, 15) is 15.0 Å². The van der Waals surface area contributed by atoms with Crippen molar-refractivity contribution >= 4 is 5.97 Å². The van der Waals surface area contributed by atoms with Crippen molar-refractivity contribution in [3.05, 3.63) is 11.6 Å². The van der Waals surface area contributed by atoms with E-state index in [1.165, 1.54) is 6.08 Å². The van der Waals surface area contributed by atoms with Crippen LogP contribution in [-0.4, -0.2) is 59.9 Å². The van der Waals surface area contributed by atoms with Crippen LogP contribution in [0.15, 0.2) is 11.6 Å². The zero-order valence-corrected chi connectivity index (χ0v) is 13.1. The first-order chi connectivity index (χ1) is 10.6. The van der Waals surface area contributed by atoms with Crippen LogP contribution in [0.5, 0.6) is 0 Å². The largest absolute Gasteiger partial charge is 0.478 e. The lowest BCUT2D eigenvalue weighted by Crippen LogP contribution is -2.17. The van der Waals surface area contributed by atoms with Gasteiger partial charge in [0.15, 0.2) is 0 Å². The van der Waals surface area contributed by atoms with Gasteiger partial charge in [-0.25, -0.2) is 4.79 Å². The van der Waals surface area contributed by atoms with Crippen LogP contribution in [0.4, 0.5) is 0 Å². The summed E-state index contributed by atoms with van der Waals surface area (Å²) in [6.07, 6.45) is 4.97. The number of carboxylic acids is 1. The summed E-state index contributed by atoms with van der Waals surface area (Å²) < 4.78 is 10.8. The zero-order chi connectivity index (χ0) is 16.2. The van der Waals surface area contributed by atoms with Gasteiger partial charge in [-0.2, -0.15) is 0 Å². The molecule has 6 heteroatoms. The Morgan fingerprint density at radius 3 is 2.18 bits per heavy atom. The number of hydrogen-bond acceptors (Lipinski definition) is 5. The van der Waals surface area contributed by atoms with Gasteiger partial charge in [0.2, 0.25) is 0 Å². The van der Waals surface area contributed by atoms with Crippen molar-refractivity contribution < 1.29 is 29.6 Å². The Morgan fingerprint density at radius 1 is 1.00 bits per heavy atom. The summed E-state index contributed by atoms with van der Waals surface area (Å²) in [5, 5.41) is 28.7. The van der Waals surface area contributed by atoms with Crippen molar-refractivity contribution in [3.63, 3.8) is 0 Å². The molecule has 22 heavy (non-hydrogen) atoms. The Morgan fingerprint density at radius 2 is 1.59 bits per heavy atom. The molecule has 0 saturated carbocycles. The van der Waals surface area contributed by atoms with Gasteiger partial charge in [-0.05, 0) is 32.1 Å². The number of aliphatic hydroxyl groups is 2. The maximum atomic E-state index is 11.2. The molecule has 0 aromatic carbocycles. The Labute approximate surface area is 131 Å². The number of aliphatic carboxylic acids is 1. The quantitative estimate of drug-likeness (QED) is 0.678. The van der Waals surface area contributed by atoms with Crippen molar-refractivity contribution in [1.29, 1.82) is 0 Å². The minimum Gasteiger partial charge on any atom is -0.478 e. The monoisotopic (exact) mass is 316 g/mol. The van der Waals surface area contributed by atoms with Crippen molar-refractivity contribution in [2.24, 2.45) is 0 Å². The minimum atomic E-state index is -1.01. The summed E-state index contributed by atoms with van der Waals surface area (Å²) in [6.45, 7) is 1.66. The van der Waals surface area contributed by atoms with Crippen molar-refractivity contribution in [2.45, 2.75) is 57.2 Å². The lowest BCUT2D eigenvalue weighted by Gasteiger charge is -2.12. The van der Waals surface area contributed by atoms with E-state index in [1.54, 1.807) is 0 Å². The van der Waals surface area contributed by atoms with Gasteiger partial charge >= 0.3 is 5.97 Å². The summed E-state index contributed by atoms with van der Waals surface area (Å²) in [5.74, 6) is -1.01. The average Bonchev–Trinajstić information content (AvgIpc) is 2.48. The summed E-state index contributed by atoms with van der Waals surface area (Å²) in [6, 6.07) is 0. The molecule has 2 atom stereocenters. The van der Waals surface area contributed by atoms with Gasteiger partial charge in [-0.1, -0.05) is 18.9 Å². The molecular formula is C16H28O6. The molecule has 128 valence electrons. The summed E-state index contributed by atoms with van der Waals surface area (Å²) in [7, 11) is 0. The number of carbonyl (C=O) groups is 1. The molecule has 0 bridgehead atoms. The molecule has 0 amide bonds. The number of hydrogen-bond donors (Lipinski definition) is 3. The van der Waals surface area contributed by atoms with Crippen molar-refractivity contribution in [2.75, 3.05) is 26.4 Å². The van der Waals surface area contributed by atoms with Gasteiger partial charge in [0.1, 0.15) is 0 Å². The number of aliphatic hydroxyl groups excluding tert-OH is 2. The first kappa shape index (κ1) is 19.1. The van der Waals surface area contributed by atoms with E-state index in [1.807, 2.05) is 0 Å². The van der Waals surface area contributed by atoms with E-state index in [-0.39, 0.29) is 31.6 Å². The Balaban J connectivity index is 2.52. The fraction of sp³-hybridized carbons (Fsp3) is 0.812. The molecule has 0 aromatic rings. The number of ether oxygens (including phenoxy) is 2. The van der Waals surface area contributed by atoms with E-state index in [0.29, 0.717) is 19.6 Å². The van der Waals surface area contributed by atoms with Crippen LogP contribution >= 0.6 is 0 Å². The summed E-state index contributed by atoms with van der Waals surface area (Å²) >= 11 is 0. The molecule has 0 saturated heterocycles. The predicted octanol–water partition coefficient (Wildman–Crippen LogP) is 1.50. The third-order valence-corrected chi connectivity index (χ3v) is 3.61. The molecule has 1 aliphatic heterocycles. The second-order valence-corrected chi connectivity index (χ2v) is 5.68. The second kappa shape index (κ2) is 11.6. The fourth-order valence-corrected chi connectivity index (χ4v) is 2.25. The first-order valence-electron chi connectivity index (χ1n) is 8.03. The lowest BCUT2D eigenvalue weighted by atomic mass is 10.1. The smallest absolute Gasteiger partial charge is 0.331 e. The lowest BCUT2D eigenvalue weighted by molar-refractivity contribution is -0.132. The third kappa shape index (κ3) is 9.15. The van der Waals surface area contributed by atoms with E-state index < -0.39 is 18.2 Å². The Hall–Kier alpha value is -0.950. The molecule has 1 aliphatic rings. The molecule has 0 spiro atoms. The Bertz CT molecular complexity index is 342. The molecule has 2 unspecified atom stereocenters. The van der Waals surface area contributed by atoms with E-state index >= 15 is 0 Å². The van der Waals surface area contributed by atoms with Gasteiger partial charge in [0.05, 0.1) is 25.4 Å². The minimum absolute atomic E-state index is 0.211. The first-order valence-corrected chi connectivity index (χ1v) is 8.03. The summed E-state index contributed by atoms with van der Waals surface area (Å²) in [4.78, 5) is 11.2. The van der Waals surface area contributed by atoms with Crippen LogP contribution < -0.4 is 0 Å². The van der Waals surface area contributed by atoms with Gasteiger partial charge in [0.25, 0.3) is 0 Å². The number of rotatable bonds is 1. The van der Waals surface area contributed by atoms with Gasteiger partial charge in [0, 0.05) is 18.8 Å². The van der Waals surface area contributed by atoms with Crippen LogP contribution in [0, 0.1) is 0 Å². The topological polar surface area (TPSA) is 96.2 Å². The molecule has 1 heterocycles. The summed E-state index contributed by atoms with van der Waals surface area (Å²) in [5.41, 5.74) is 0.211. The normalized spacial score (nSPS) is 27.6. The molecule has 0 aliphatic carbocycles. The van der Waals surface area contributed by atoms with Gasteiger partial charge in [-0.15, -0.1) is 0 Å². The van der Waals surface area contributed by atoms with Crippen LogP contribution in [0.1, 0.15) is 44.9 Å². The number of carboxylic acid groups (broad SMARTS) is 1. The average molecular weight is 316 g/mol. The highest BCUT2D eigenvalue weighted by Gasteiger charge is 2.13. The SMILES string of the molecule is O=C(O)C1=CCC(O)COCCCCCCOCC(O)CC1. The Kier molecular flexibility index (Phi) is 10.1. The van der Waals surface area contributed by atoms with Crippen molar-refractivity contribution in [3.8, 4) is 0 Å². The van der Waals surface area contributed by atoms with E-state index in [2.05, 4.69) is 0 Å². The van der Waals surface area contributed by atoms with Gasteiger partial charge < -0.3 is 24.8 Å². The van der Waals surface area contributed by atoms with E-state index in [4.69, 9.17) is 14.6 Å². The predicted molar refractivity (Wildman–Crippen MR) is 81.7 cm³/mol. The third-order valence-electron chi connectivity index (χ3n) is 3.61. The van der Waals surface area contributed by atoms with Crippen LogP contribution in [0.2, 0.25) is 0 Å². The molecule has 6 nitrogen and oxygen atoms in total. The van der Waals surface area contributed by atoms with Crippen LogP contribution in [0.25, 0.3) is 0 Å². The van der Waals surface area contributed by atoms with Crippen LogP contribution in [-0.2, 0) is 14.3 Å². The molecule has 1 rings (SSSR count). The molecule has 0 radical (unpaired) electrons. The highest BCUT2D eigenvalue weighted by molar-refractivity contribution is 5.86. The maximum Gasteiger partial charge on any atom is 0.331 e. The molecule has 0 fully saturated rings. The molecule has 3 N–H and O–H groups in total. The molecular weight excluding hydrogens is 288 g/mol. The van der Waals surface area contributed by atoms with E-state index in [0.717, 1.165) is 25.7 Å². The highest BCUT2D eigenvalue weighted by atomic mass is 16.5. The maximum absolute atomic E-state index is 11.2. The van der Waals surface area contributed by atoms with Crippen LogP contribution in [0.3, 0.4) is 0 Å². The zero-order valence-electron chi connectivity index (χ0n) is 13.1.